The molecule has 152 valence electrons. The molecule has 3 rings (SSSR count). The van der Waals surface area contributed by atoms with E-state index >= 15 is 0 Å². The summed E-state index contributed by atoms with van der Waals surface area (Å²) in [5, 5.41) is 6.82. The molecule has 2 N–H and O–H groups in total. The number of benzene rings is 1. The van der Waals surface area contributed by atoms with Crippen LogP contribution in [0.25, 0.3) is 0 Å². The predicted molar refractivity (Wildman–Crippen MR) is 123 cm³/mol. The Balaban J connectivity index is 0.00000280. The minimum atomic E-state index is 0. The first-order valence-corrected chi connectivity index (χ1v) is 9.08. The summed E-state index contributed by atoms with van der Waals surface area (Å²) in [5.41, 5.74) is 2.03. The third kappa shape index (κ3) is 5.63. The van der Waals surface area contributed by atoms with Crippen LogP contribution in [0.1, 0.15) is 12.1 Å². The number of halogens is 1. The lowest BCUT2D eigenvalue weighted by molar-refractivity contribution is 0.396. The van der Waals surface area contributed by atoms with Gasteiger partial charge >= 0.3 is 0 Å². The molecule has 0 saturated carbocycles. The van der Waals surface area contributed by atoms with E-state index in [9.17, 15) is 0 Å². The van der Waals surface area contributed by atoms with E-state index in [1.165, 1.54) is 0 Å². The van der Waals surface area contributed by atoms with Gasteiger partial charge < -0.3 is 25.0 Å². The molecule has 2 aromatic rings. The Kier molecular flexibility index (Phi) is 8.62. The maximum Gasteiger partial charge on any atom is 0.213 e. The molecule has 1 unspecified atom stereocenters. The molecule has 0 radical (unpaired) electrons. The van der Waals surface area contributed by atoms with Gasteiger partial charge in [0.2, 0.25) is 5.88 Å². The summed E-state index contributed by atoms with van der Waals surface area (Å²) < 4.78 is 10.7. The molecule has 8 heteroatoms. The first-order chi connectivity index (χ1) is 13.2. The molecule has 1 saturated heterocycles. The van der Waals surface area contributed by atoms with E-state index in [4.69, 9.17) is 9.47 Å². The van der Waals surface area contributed by atoms with Gasteiger partial charge in [-0.2, -0.15) is 0 Å². The number of nitrogens with one attached hydrogen (secondary N) is 2. The number of ether oxygens (including phenoxy) is 2. The van der Waals surface area contributed by atoms with Gasteiger partial charge in [-0.15, -0.1) is 24.0 Å². The molecular formula is C20H28IN5O2. The smallest absolute Gasteiger partial charge is 0.213 e. The van der Waals surface area contributed by atoms with Crippen LogP contribution >= 0.6 is 24.0 Å². The molecule has 1 aromatic heterocycles. The molecule has 1 aromatic carbocycles. The summed E-state index contributed by atoms with van der Waals surface area (Å²) in [6, 6.07) is 14.2. The SMILES string of the molecule is CN=C(NCc1cccc(OC)n1)NC1CCN(c2ccccc2OC)C1.I. The van der Waals surface area contributed by atoms with Crippen LogP contribution in [0.2, 0.25) is 0 Å². The molecule has 1 aliphatic rings. The van der Waals surface area contributed by atoms with Crippen LogP contribution in [0.3, 0.4) is 0 Å². The number of hydrogen-bond acceptors (Lipinski definition) is 5. The third-order valence-electron chi connectivity index (χ3n) is 4.61. The molecule has 0 amide bonds. The van der Waals surface area contributed by atoms with Gasteiger partial charge in [-0.3, -0.25) is 4.99 Å². The quantitative estimate of drug-likeness (QED) is 0.364. The molecule has 1 atom stereocenters. The van der Waals surface area contributed by atoms with Gasteiger partial charge in [-0.1, -0.05) is 18.2 Å². The zero-order valence-corrected chi connectivity index (χ0v) is 18.8. The van der Waals surface area contributed by atoms with Gasteiger partial charge in [0, 0.05) is 32.2 Å². The summed E-state index contributed by atoms with van der Waals surface area (Å²) in [7, 11) is 5.11. The molecule has 1 fully saturated rings. The van der Waals surface area contributed by atoms with Gasteiger partial charge in [0.15, 0.2) is 5.96 Å². The Morgan fingerprint density at radius 1 is 1.18 bits per heavy atom. The van der Waals surface area contributed by atoms with Crippen LogP contribution in [0.4, 0.5) is 5.69 Å². The Bertz CT molecular complexity index is 787. The molecule has 2 heterocycles. The monoisotopic (exact) mass is 497 g/mol. The number of hydrogen-bond donors (Lipinski definition) is 2. The molecule has 0 aliphatic carbocycles. The standard InChI is InChI=1S/C20H27N5O2.HI/c1-21-20(22-13-15-7-6-10-19(23-15)27-3)24-16-11-12-25(14-16)17-8-4-5-9-18(17)26-2;/h4-10,16H,11-14H2,1-3H3,(H2,21,22,24);1H. The van der Waals surface area contributed by atoms with E-state index in [2.05, 4.69) is 31.6 Å². The maximum absolute atomic E-state index is 5.49. The number of anilines is 1. The molecule has 1 aliphatic heterocycles. The number of pyridine rings is 1. The summed E-state index contributed by atoms with van der Waals surface area (Å²) in [5.74, 6) is 2.29. The Hall–Kier alpha value is -2.23. The fourth-order valence-electron chi connectivity index (χ4n) is 3.22. The molecule has 28 heavy (non-hydrogen) atoms. The number of aromatic nitrogens is 1. The van der Waals surface area contributed by atoms with E-state index in [0.717, 1.165) is 42.6 Å². The first-order valence-electron chi connectivity index (χ1n) is 9.08. The van der Waals surface area contributed by atoms with E-state index in [1.807, 2.05) is 36.4 Å². The summed E-state index contributed by atoms with van der Waals surface area (Å²) in [6.07, 6.45) is 1.04. The van der Waals surface area contributed by atoms with Crippen LogP contribution in [0, 0.1) is 0 Å². The number of nitrogens with zero attached hydrogens (tertiary/aromatic N) is 3. The summed E-state index contributed by atoms with van der Waals surface area (Å²) in [6.45, 7) is 2.46. The number of guanidine groups is 1. The van der Waals surface area contributed by atoms with Crippen molar-refractivity contribution in [3.8, 4) is 11.6 Å². The van der Waals surface area contributed by atoms with Crippen LogP contribution in [-0.2, 0) is 6.54 Å². The normalized spacial score (nSPS) is 16.3. The Labute approximate surface area is 183 Å². The van der Waals surface area contributed by atoms with Gasteiger partial charge in [-0.25, -0.2) is 4.98 Å². The zero-order valence-electron chi connectivity index (χ0n) is 16.5. The average Bonchev–Trinajstić information content (AvgIpc) is 3.19. The first kappa shape index (κ1) is 22.1. The Morgan fingerprint density at radius 2 is 2.00 bits per heavy atom. The fraction of sp³-hybridized carbons (Fsp3) is 0.400. The molecule has 0 spiro atoms. The number of methoxy groups -OCH3 is 2. The van der Waals surface area contributed by atoms with Crippen LogP contribution in [-0.4, -0.2) is 51.3 Å². The highest BCUT2D eigenvalue weighted by Gasteiger charge is 2.25. The lowest BCUT2D eigenvalue weighted by Crippen LogP contribution is -2.44. The van der Waals surface area contributed by atoms with Crippen molar-refractivity contribution in [1.29, 1.82) is 0 Å². The zero-order chi connectivity index (χ0) is 19.1. The van der Waals surface area contributed by atoms with Gasteiger partial charge in [0.25, 0.3) is 0 Å². The average molecular weight is 497 g/mol. The highest BCUT2D eigenvalue weighted by atomic mass is 127. The van der Waals surface area contributed by atoms with Gasteiger partial charge in [0.05, 0.1) is 32.1 Å². The van der Waals surface area contributed by atoms with Crippen molar-refractivity contribution in [1.82, 2.24) is 15.6 Å². The maximum atomic E-state index is 5.49. The lowest BCUT2D eigenvalue weighted by Gasteiger charge is -2.22. The number of para-hydroxylation sites is 2. The summed E-state index contributed by atoms with van der Waals surface area (Å²) in [4.78, 5) is 11.1. The van der Waals surface area contributed by atoms with Crippen molar-refractivity contribution in [2.45, 2.75) is 19.0 Å². The molecule has 0 bridgehead atoms. The van der Waals surface area contributed by atoms with Crippen LogP contribution in [0.5, 0.6) is 11.6 Å². The second-order valence-corrected chi connectivity index (χ2v) is 6.34. The van der Waals surface area contributed by atoms with Crippen LogP contribution in [0.15, 0.2) is 47.5 Å². The van der Waals surface area contributed by atoms with Crippen molar-refractivity contribution in [3.63, 3.8) is 0 Å². The van der Waals surface area contributed by atoms with Crippen molar-refractivity contribution in [2.24, 2.45) is 4.99 Å². The number of rotatable bonds is 6. The molecule has 7 nitrogen and oxygen atoms in total. The highest BCUT2D eigenvalue weighted by molar-refractivity contribution is 14.0. The van der Waals surface area contributed by atoms with E-state index in [0.29, 0.717) is 18.5 Å². The minimum absolute atomic E-state index is 0. The van der Waals surface area contributed by atoms with E-state index in [-0.39, 0.29) is 24.0 Å². The predicted octanol–water partition coefficient (Wildman–Crippen LogP) is 2.66. The lowest BCUT2D eigenvalue weighted by atomic mass is 10.2. The van der Waals surface area contributed by atoms with E-state index in [1.54, 1.807) is 21.3 Å². The fourth-order valence-corrected chi connectivity index (χ4v) is 3.22. The largest absolute Gasteiger partial charge is 0.495 e. The van der Waals surface area contributed by atoms with E-state index < -0.39 is 0 Å². The number of aliphatic imine (C=N–C) groups is 1. The van der Waals surface area contributed by atoms with Crippen LogP contribution < -0.4 is 25.0 Å². The summed E-state index contributed by atoms with van der Waals surface area (Å²) >= 11 is 0. The Morgan fingerprint density at radius 3 is 2.75 bits per heavy atom. The second-order valence-electron chi connectivity index (χ2n) is 6.34. The third-order valence-corrected chi connectivity index (χ3v) is 4.61. The topological polar surface area (TPSA) is 71.0 Å². The van der Waals surface area contributed by atoms with Gasteiger partial charge in [-0.05, 0) is 24.6 Å². The van der Waals surface area contributed by atoms with Gasteiger partial charge in [0.1, 0.15) is 5.75 Å². The molecular weight excluding hydrogens is 469 g/mol. The van der Waals surface area contributed by atoms with Crippen molar-refractivity contribution in [2.75, 3.05) is 39.3 Å². The van der Waals surface area contributed by atoms with Crippen molar-refractivity contribution >= 4 is 35.6 Å². The highest BCUT2D eigenvalue weighted by Crippen LogP contribution is 2.30. The van der Waals surface area contributed by atoms with Crippen molar-refractivity contribution < 1.29 is 9.47 Å². The minimum Gasteiger partial charge on any atom is -0.495 e. The second kappa shape index (κ2) is 10.9. The van der Waals surface area contributed by atoms with Crippen molar-refractivity contribution in [3.05, 3.63) is 48.2 Å².